The molecule has 0 aromatic heterocycles. The van der Waals surface area contributed by atoms with Crippen molar-refractivity contribution in [3.63, 3.8) is 0 Å². The van der Waals surface area contributed by atoms with Crippen molar-refractivity contribution in [2.75, 3.05) is 20.4 Å². The number of nitrogens with zero attached hydrogens (tertiary/aromatic N) is 3. The molecule has 0 aliphatic rings. The van der Waals surface area contributed by atoms with Crippen LogP contribution in [0, 0.1) is 13.1 Å². The Labute approximate surface area is 49.2 Å². The second kappa shape index (κ2) is 4.11. The molecule has 0 aliphatic heterocycles. The van der Waals surface area contributed by atoms with Crippen molar-refractivity contribution in [1.82, 2.24) is 4.90 Å². The van der Waals surface area contributed by atoms with E-state index in [4.69, 9.17) is 13.1 Å². The van der Waals surface area contributed by atoms with Gasteiger partial charge in [0.1, 0.15) is 0 Å². The number of hydrogen-bond acceptors (Lipinski definition) is 1. The molecule has 3 heteroatoms. The molecule has 0 aromatic carbocycles. The third-order valence-electron chi connectivity index (χ3n) is 0.624. The van der Waals surface area contributed by atoms with Crippen LogP contribution in [-0.4, -0.2) is 25.3 Å². The maximum Gasteiger partial charge on any atom is 0.276 e. The Hall–Kier alpha value is -1.06. The van der Waals surface area contributed by atoms with Crippen LogP contribution in [0.2, 0.25) is 0 Å². The minimum Gasteiger partial charge on any atom is -0.299 e. The van der Waals surface area contributed by atoms with Gasteiger partial charge in [-0.1, -0.05) is 0 Å². The summed E-state index contributed by atoms with van der Waals surface area (Å²) in [5.74, 6) is 0. The average Bonchev–Trinajstić information content (AvgIpc) is 1.68. The van der Waals surface area contributed by atoms with E-state index in [1.165, 1.54) is 0 Å². The predicted molar refractivity (Wildman–Crippen MR) is 30.7 cm³/mol. The average molecular weight is 109 g/mol. The van der Waals surface area contributed by atoms with E-state index in [1.54, 1.807) is 11.9 Å². The molecule has 3 nitrogen and oxygen atoms in total. The van der Waals surface area contributed by atoms with E-state index in [9.17, 15) is 0 Å². The Morgan fingerprint density at radius 1 is 1.25 bits per heavy atom. The van der Waals surface area contributed by atoms with Gasteiger partial charge in [0.05, 0.1) is 0 Å². The molecular weight excluding hydrogens is 102 g/mol. The molecule has 0 aliphatic carbocycles. The fourth-order valence-corrected chi connectivity index (χ4v) is 0.286. The first kappa shape index (κ1) is 6.94. The molecule has 0 saturated heterocycles. The van der Waals surface area contributed by atoms with E-state index in [0.717, 1.165) is 0 Å². The normalized spacial score (nSPS) is 8.00. The van der Waals surface area contributed by atoms with E-state index in [0.29, 0.717) is 13.3 Å². The van der Waals surface area contributed by atoms with E-state index in [1.807, 2.05) is 0 Å². The van der Waals surface area contributed by atoms with Gasteiger partial charge in [-0.3, -0.25) is 9.69 Å². The third-order valence-corrected chi connectivity index (χ3v) is 0.624. The van der Waals surface area contributed by atoms with E-state index in [2.05, 4.69) is 9.69 Å². The lowest BCUT2D eigenvalue weighted by Gasteiger charge is -1.96. The van der Waals surface area contributed by atoms with Crippen LogP contribution in [0.3, 0.4) is 0 Å². The Morgan fingerprint density at radius 3 is 1.88 bits per heavy atom. The lowest BCUT2D eigenvalue weighted by Crippen LogP contribution is -2.15. The summed E-state index contributed by atoms with van der Waals surface area (Å²) in [4.78, 5) is 7.83. The highest BCUT2D eigenvalue weighted by atomic mass is 15.2. The van der Waals surface area contributed by atoms with Crippen LogP contribution in [0.25, 0.3) is 9.69 Å². The minimum absolute atomic E-state index is 0.322. The zero-order valence-corrected chi connectivity index (χ0v) is 4.76. The largest absolute Gasteiger partial charge is 0.299 e. The topological polar surface area (TPSA) is 12.0 Å². The van der Waals surface area contributed by atoms with Crippen molar-refractivity contribution >= 4 is 0 Å². The molecule has 0 spiro atoms. The minimum atomic E-state index is 0.322. The second-order valence-electron chi connectivity index (χ2n) is 1.46. The van der Waals surface area contributed by atoms with Gasteiger partial charge in [-0.05, 0) is 0 Å². The summed E-state index contributed by atoms with van der Waals surface area (Å²) < 4.78 is 0. The van der Waals surface area contributed by atoms with Gasteiger partial charge in [0.2, 0.25) is 0 Å². The summed E-state index contributed by atoms with van der Waals surface area (Å²) >= 11 is 0. The van der Waals surface area contributed by atoms with Gasteiger partial charge in [-0.15, -0.1) is 0 Å². The molecule has 8 heavy (non-hydrogen) atoms. The molecule has 0 heterocycles. The van der Waals surface area contributed by atoms with Gasteiger partial charge >= 0.3 is 0 Å². The van der Waals surface area contributed by atoms with Gasteiger partial charge in [-0.2, -0.15) is 4.90 Å². The lowest BCUT2D eigenvalue weighted by molar-refractivity contribution is 0.409. The van der Waals surface area contributed by atoms with Crippen LogP contribution in [0.15, 0.2) is 0 Å². The molecule has 0 bridgehead atoms. The fraction of sp³-hybridized carbons (Fsp3) is 0.600. The molecule has 42 valence electrons. The SMILES string of the molecule is [C-]#[N+]CN(C)C[N+]#[C-]. The monoisotopic (exact) mass is 109 g/mol. The van der Waals surface area contributed by atoms with Crippen LogP contribution in [0.5, 0.6) is 0 Å². The van der Waals surface area contributed by atoms with Crippen molar-refractivity contribution in [3.05, 3.63) is 22.8 Å². The Morgan fingerprint density at radius 2 is 1.62 bits per heavy atom. The Kier molecular flexibility index (Phi) is 3.56. The van der Waals surface area contributed by atoms with Gasteiger partial charge in [0, 0.05) is 7.05 Å². The predicted octanol–water partition coefficient (Wildman–Crippen LogP) is 0.672. The van der Waals surface area contributed by atoms with Crippen LogP contribution in [0.4, 0.5) is 0 Å². The molecule has 0 fully saturated rings. The van der Waals surface area contributed by atoms with E-state index < -0.39 is 0 Å². The molecule has 0 atom stereocenters. The third kappa shape index (κ3) is 3.14. The summed E-state index contributed by atoms with van der Waals surface area (Å²) in [5, 5.41) is 0. The first-order chi connectivity index (χ1) is 3.81. The first-order valence-corrected chi connectivity index (χ1v) is 2.16. The van der Waals surface area contributed by atoms with Gasteiger partial charge in [0.15, 0.2) is 0 Å². The Bertz CT molecular complexity index is 112. The van der Waals surface area contributed by atoms with E-state index in [-0.39, 0.29) is 0 Å². The highest BCUT2D eigenvalue weighted by Crippen LogP contribution is 1.80. The first-order valence-electron chi connectivity index (χ1n) is 2.16. The maximum absolute atomic E-state index is 6.39. The summed E-state index contributed by atoms with van der Waals surface area (Å²) in [6.45, 7) is 13.4. The van der Waals surface area contributed by atoms with Crippen molar-refractivity contribution in [2.24, 2.45) is 0 Å². The molecule has 0 unspecified atom stereocenters. The van der Waals surface area contributed by atoms with Gasteiger partial charge < -0.3 is 0 Å². The quantitative estimate of drug-likeness (QED) is 0.475. The lowest BCUT2D eigenvalue weighted by atomic mass is 10.8. The van der Waals surface area contributed by atoms with Gasteiger partial charge in [0.25, 0.3) is 13.3 Å². The highest BCUT2D eigenvalue weighted by molar-refractivity contribution is 4.63. The molecule has 0 rings (SSSR count). The zero-order valence-electron chi connectivity index (χ0n) is 4.76. The van der Waals surface area contributed by atoms with Crippen LogP contribution in [-0.2, 0) is 0 Å². The van der Waals surface area contributed by atoms with Gasteiger partial charge in [-0.25, -0.2) is 13.1 Å². The standard InChI is InChI=1S/C5H7N3/c1-6-4-8(3)5-7-2/h4-5H2,3H3. The Balaban J connectivity index is 3.25. The number of hydrogen-bond donors (Lipinski definition) is 0. The zero-order chi connectivity index (χ0) is 6.41. The van der Waals surface area contributed by atoms with Crippen molar-refractivity contribution < 1.29 is 0 Å². The van der Waals surface area contributed by atoms with Crippen molar-refractivity contribution in [3.8, 4) is 0 Å². The molecule has 0 radical (unpaired) electrons. The number of rotatable bonds is 2. The summed E-state index contributed by atoms with van der Waals surface area (Å²) in [5.41, 5.74) is 0. The fourth-order valence-electron chi connectivity index (χ4n) is 0.286. The second-order valence-corrected chi connectivity index (χ2v) is 1.46. The summed E-state index contributed by atoms with van der Waals surface area (Å²) in [6, 6.07) is 0. The van der Waals surface area contributed by atoms with Crippen molar-refractivity contribution in [1.29, 1.82) is 0 Å². The van der Waals surface area contributed by atoms with E-state index >= 15 is 0 Å². The molecule has 0 N–H and O–H groups in total. The summed E-state index contributed by atoms with van der Waals surface area (Å²) in [7, 11) is 1.75. The van der Waals surface area contributed by atoms with Crippen LogP contribution >= 0.6 is 0 Å². The maximum atomic E-state index is 6.39. The van der Waals surface area contributed by atoms with Crippen molar-refractivity contribution in [2.45, 2.75) is 0 Å². The molecule has 0 aromatic rings. The molecule has 0 amide bonds. The molecular formula is C5H7N3. The summed E-state index contributed by atoms with van der Waals surface area (Å²) in [6.07, 6.45) is 0. The molecule has 0 saturated carbocycles. The van der Waals surface area contributed by atoms with Crippen LogP contribution in [0.1, 0.15) is 0 Å². The highest BCUT2D eigenvalue weighted by Gasteiger charge is 1.97. The smallest absolute Gasteiger partial charge is 0.276 e. The van der Waals surface area contributed by atoms with Crippen LogP contribution < -0.4 is 0 Å².